The molecule has 0 amide bonds. The molecule has 1 aliphatic rings. The summed E-state index contributed by atoms with van der Waals surface area (Å²) in [6.45, 7) is 4.29. The lowest BCUT2D eigenvalue weighted by Gasteiger charge is -2.30. The molecule has 1 heterocycles. The van der Waals surface area contributed by atoms with Gasteiger partial charge >= 0.3 is 0 Å². The minimum absolute atomic E-state index is 1.07. The molecule has 1 aliphatic heterocycles. The summed E-state index contributed by atoms with van der Waals surface area (Å²) in [4.78, 5) is 2.39. The first kappa shape index (κ1) is 10.5. The van der Waals surface area contributed by atoms with E-state index in [-0.39, 0.29) is 0 Å². The molecule has 0 spiro atoms. The normalized spacial score (nSPS) is 17.1. The zero-order chi connectivity index (χ0) is 9.97. The van der Waals surface area contributed by atoms with Gasteiger partial charge in [-0.1, -0.05) is 15.9 Å². The minimum atomic E-state index is 1.07. The van der Waals surface area contributed by atoms with Crippen molar-refractivity contribution in [2.24, 2.45) is 0 Å². The van der Waals surface area contributed by atoms with Crippen molar-refractivity contribution in [3.05, 3.63) is 27.1 Å². The van der Waals surface area contributed by atoms with Crippen molar-refractivity contribution in [3.63, 3.8) is 0 Å². The van der Waals surface area contributed by atoms with E-state index in [1.165, 1.54) is 10.2 Å². The van der Waals surface area contributed by atoms with Crippen molar-refractivity contribution in [1.29, 1.82) is 0 Å². The van der Waals surface area contributed by atoms with Crippen LogP contribution in [0.4, 0.5) is 5.69 Å². The quantitative estimate of drug-likeness (QED) is 0.856. The van der Waals surface area contributed by atoms with Crippen LogP contribution in [0.25, 0.3) is 0 Å². The average Bonchev–Trinajstić information content (AvgIpc) is 2.23. The van der Waals surface area contributed by atoms with Crippen molar-refractivity contribution in [2.45, 2.75) is 0 Å². The van der Waals surface area contributed by atoms with E-state index >= 15 is 0 Å². The van der Waals surface area contributed by atoms with Gasteiger partial charge in [-0.05, 0) is 34.1 Å². The van der Waals surface area contributed by atoms with Crippen LogP contribution < -0.4 is 10.2 Å². The summed E-state index contributed by atoms with van der Waals surface area (Å²) in [5.41, 5.74) is 1.28. The van der Waals surface area contributed by atoms with E-state index in [1.807, 2.05) is 0 Å². The molecule has 1 saturated heterocycles. The second-order valence-electron chi connectivity index (χ2n) is 3.33. The summed E-state index contributed by atoms with van der Waals surface area (Å²) in [6, 6.07) is 6.30. The Balaban J connectivity index is 2.24. The number of anilines is 1. The van der Waals surface area contributed by atoms with Gasteiger partial charge in [-0.2, -0.15) is 0 Å². The third-order valence-electron chi connectivity index (χ3n) is 2.37. The van der Waals surface area contributed by atoms with Gasteiger partial charge in [0.1, 0.15) is 0 Å². The Morgan fingerprint density at radius 1 is 1.14 bits per heavy atom. The van der Waals surface area contributed by atoms with Crippen LogP contribution in [-0.4, -0.2) is 26.2 Å². The molecular formula is C10H12Br2N2. The van der Waals surface area contributed by atoms with Crippen LogP contribution in [0.15, 0.2) is 27.1 Å². The number of hydrogen-bond donors (Lipinski definition) is 1. The van der Waals surface area contributed by atoms with Crippen LogP contribution in [0.5, 0.6) is 0 Å². The van der Waals surface area contributed by atoms with E-state index < -0.39 is 0 Å². The molecule has 2 rings (SSSR count). The molecule has 0 unspecified atom stereocenters. The number of benzene rings is 1. The van der Waals surface area contributed by atoms with Crippen LogP contribution in [0.3, 0.4) is 0 Å². The van der Waals surface area contributed by atoms with Crippen LogP contribution >= 0.6 is 31.9 Å². The van der Waals surface area contributed by atoms with Gasteiger partial charge in [0.2, 0.25) is 0 Å². The predicted octanol–water partition coefficient (Wildman–Crippen LogP) is 2.62. The Bertz CT molecular complexity index is 322. The van der Waals surface area contributed by atoms with Gasteiger partial charge in [0, 0.05) is 35.1 Å². The molecule has 4 heteroatoms. The fourth-order valence-corrected chi connectivity index (χ4v) is 2.48. The van der Waals surface area contributed by atoms with Gasteiger partial charge in [0.25, 0.3) is 0 Å². The number of rotatable bonds is 1. The van der Waals surface area contributed by atoms with Crippen molar-refractivity contribution >= 4 is 37.5 Å². The van der Waals surface area contributed by atoms with Gasteiger partial charge in [-0.15, -0.1) is 0 Å². The summed E-state index contributed by atoms with van der Waals surface area (Å²) in [6.07, 6.45) is 0. The fraction of sp³-hybridized carbons (Fsp3) is 0.400. The third kappa shape index (κ3) is 2.30. The van der Waals surface area contributed by atoms with Crippen LogP contribution in [-0.2, 0) is 0 Å². The van der Waals surface area contributed by atoms with Crippen LogP contribution in [0.2, 0.25) is 0 Å². The highest BCUT2D eigenvalue weighted by atomic mass is 79.9. The highest BCUT2D eigenvalue weighted by Crippen LogP contribution is 2.29. The molecular weight excluding hydrogens is 308 g/mol. The molecule has 1 fully saturated rings. The van der Waals surface area contributed by atoms with E-state index in [4.69, 9.17) is 0 Å². The zero-order valence-corrected chi connectivity index (χ0v) is 10.9. The largest absolute Gasteiger partial charge is 0.368 e. The fourth-order valence-electron chi connectivity index (χ4n) is 1.63. The van der Waals surface area contributed by atoms with E-state index in [1.54, 1.807) is 0 Å². The highest BCUT2D eigenvalue weighted by molar-refractivity contribution is 9.11. The maximum Gasteiger partial charge on any atom is 0.0522 e. The van der Waals surface area contributed by atoms with Crippen molar-refractivity contribution < 1.29 is 0 Å². The summed E-state index contributed by atoms with van der Waals surface area (Å²) in [7, 11) is 0. The summed E-state index contributed by atoms with van der Waals surface area (Å²) in [5, 5.41) is 3.35. The van der Waals surface area contributed by atoms with Gasteiger partial charge < -0.3 is 10.2 Å². The van der Waals surface area contributed by atoms with Crippen molar-refractivity contribution in [3.8, 4) is 0 Å². The predicted molar refractivity (Wildman–Crippen MR) is 66.9 cm³/mol. The second-order valence-corrected chi connectivity index (χ2v) is 5.10. The molecule has 0 saturated carbocycles. The molecule has 1 aromatic carbocycles. The topological polar surface area (TPSA) is 15.3 Å². The first-order chi connectivity index (χ1) is 6.77. The van der Waals surface area contributed by atoms with E-state index in [0.717, 1.165) is 30.7 Å². The second kappa shape index (κ2) is 4.64. The molecule has 76 valence electrons. The van der Waals surface area contributed by atoms with Gasteiger partial charge in [-0.3, -0.25) is 0 Å². The molecule has 0 aliphatic carbocycles. The first-order valence-electron chi connectivity index (χ1n) is 4.68. The van der Waals surface area contributed by atoms with E-state index in [0.29, 0.717) is 0 Å². The first-order valence-corrected chi connectivity index (χ1v) is 6.27. The van der Waals surface area contributed by atoms with Gasteiger partial charge in [0.05, 0.1) is 5.69 Å². The molecule has 0 bridgehead atoms. The summed E-state index contributed by atoms with van der Waals surface area (Å²) >= 11 is 7.08. The molecule has 0 aromatic heterocycles. The van der Waals surface area contributed by atoms with E-state index in [2.05, 4.69) is 60.3 Å². The van der Waals surface area contributed by atoms with Gasteiger partial charge in [0.15, 0.2) is 0 Å². The monoisotopic (exact) mass is 318 g/mol. The maximum absolute atomic E-state index is 3.58. The standard InChI is InChI=1S/C10H12Br2N2/c11-8-1-2-9(12)10(7-8)14-5-3-13-4-6-14/h1-2,7,13H,3-6H2. The van der Waals surface area contributed by atoms with Gasteiger partial charge in [-0.25, -0.2) is 0 Å². The number of nitrogens with one attached hydrogen (secondary N) is 1. The lowest BCUT2D eigenvalue weighted by atomic mass is 10.2. The zero-order valence-electron chi connectivity index (χ0n) is 7.76. The Morgan fingerprint density at radius 3 is 2.57 bits per heavy atom. The molecule has 0 radical (unpaired) electrons. The lowest BCUT2D eigenvalue weighted by Crippen LogP contribution is -2.43. The molecule has 1 N–H and O–H groups in total. The SMILES string of the molecule is Brc1ccc(Br)c(N2CCNCC2)c1. The number of nitrogens with zero attached hydrogens (tertiary/aromatic N) is 1. The summed E-state index contributed by atoms with van der Waals surface area (Å²) < 4.78 is 2.30. The summed E-state index contributed by atoms with van der Waals surface area (Å²) in [5.74, 6) is 0. The highest BCUT2D eigenvalue weighted by Gasteiger charge is 2.12. The number of hydrogen-bond acceptors (Lipinski definition) is 2. The smallest absolute Gasteiger partial charge is 0.0522 e. The Kier molecular flexibility index (Phi) is 3.47. The Hall–Kier alpha value is -0.0600. The van der Waals surface area contributed by atoms with Crippen molar-refractivity contribution in [2.75, 3.05) is 31.1 Å². The minimum Gasteiger partial charge on any atom is -0.368 e. The molecule has 14 heavy (non-hydrogen) atoms. The lowest BCUT2D eigenvalue weighted by molar-refractivity contribution is 0.588. The molecule has 0 atom stereocenters. The number of piperazine rings is 1. The molecule has 1 aromatic rings. The third-order valence-corrected chi connectivity index (χ3v) is 3.53. The number of halogens is 2. The van der Waals surface area contributed by atoms with E-state index in [9.17, 15) is 0 Å². The van der Waals surface area contributed by atoms with Crippen LogP contribution in [0.1, 0.15) is 0 Å². The Morgan fingerprint density at radius 2 is 1.86 bits per heavy atom. The van der Waals surface area contributed by atoms with Crippen molar-refractivity contribution in [1.82, 2.24) is 5.32 Å². The van der Waals surface area contributed by atoms with Crippen LogP contribution in [0, 0.1) is 0 Å². The Labute approximate surface area is 101 Å². The molecule has 2 nitrogen and oxygen atoms in total. The average molecular weight is 320 g/mol. The maximum atomic E-state index is 3.58.